The van der Waals surface area contributed by atoms with Crippen LogP contribution in [0, 0.1) is 18.4 Å². The van der Waals surface area contributed by atoms with Gasteiger partial charge in [0.15, 0.2) is 0 Å². The van der Waals surface area contributed by atoms with Gasteiger partial charge in [-0.2, -0.15) is 0 Å². The summed E-state index contributed by atoms with van der Waals surface area (Å²) in [4.78, 5) is 3.05. The second-order valence-electron chi connectivity index (χ2n) is 2.34. The third kappa shape index (κ3) is 0.890. The molecule has 0 bridgehead atoms. The number of terminal acetylenes is 1. The summed E-state index contributed by atoms with van der Waals surface area (Å²) in [6.45, 7) is 0. The van der Waals surface area contributed by atoms with Crippen molar-refractivity contribution in [2.75, 3.05) is 0 Å². The minimum absolute atomic E-state index is 0.897. The van der Waals surface area contributed by atoms with Crippen LogP contribution in [0.3, 0.4) is 0 Å². The average Bonchev–Trinajstić information content (AvgIpc) is 2.50. The molecule has 1 nitrogen and oxygen atoms in total. The summed E-state index contributed by atoms with van der Waals surface area (Å²) >= 11 is 0. The molecule has 0 saturated heterocycles. The standard InChI is InChI=1S/C10H6N/c1-2-8-3-4-10-9(7-8)5-6-11-10/h1,3-4,6-7,11H. The molecule has 0 aliphatic rings. The highest BCUT2D eigenvalue weighted by Gasteiger charge is 1.93. The van der Waals surface area contributed by atoms with Crippen molar-refractivity contribution in [1.82, 2.24) is 4.98 Å². The van der Waals surface area contributed by atoms with Crippen molar-refractivity contribution in [3.63, 3.8) is 0 Å². The fraction of sp³-hybridized carbons (Fsp3) is 0. The molecule has 0 atom stereocenters. The fourth-order valence-corrected chi connectivity index (χ4v) is 1.07. The Morgan fingerprint density at radius 2 is 2.36 bits per heavy atom. The van der Waals surface area contributed by atoms with Gasteiger partial charge in [0.1, 0.15) is 0 Å². The van der Waals surface area contributed by atoms with Crippen LogP contribution >= 0.6 is 0 Å². The molecule has 1 aromatic carbocycles. The number of hydrogen-bond donors (Lipinski definition) is 1. The Labute approximate surface area is 65.1 Å². The molecule has 0 aliphatic heterocycles. The van der Waals surface area contributed by atoms with Crippen molar-refractivity contribution in [3.8, 4) is 12.3 Å². The fourth-order valence-electron chi connectivity index (χ4n) is 1.07. The van der Waals surface area contributed by atoms with E-state index in [2.05, 4.69) is 17.0 Å². The van der Waals surface area contributed by atoms with E-state index in [0.717, 1.165) is 16.5 Å². The van der Waals surface area contributed by atoms with Crippen LogP contribution in [0.1, 0.15) is 5.56 Å². The van der Waals surface area contributed by atoms with Gasteiger partial charge in [0.05, 0.1) is 0 Å². The number of aromatic amines is 1. The van der Waals surface area contributed by atoms with Crippen molar-refractivity contribution in [2.45, 2.75) is 0 Å². The number of benzene rings is 1. The Bertz CT molecular complexity index is 418. The lowest BCUT2D eigenvalue weighted by molar-refractivity contribution is 1.47. The van der Waals surface area contributed by atoms with E-state index >= 15 is 0 Å². The van der Waals surface area contributed by atoms with Gasteiger partial charge in [-0.15, -0.1) is 6.42 Å². The van der Waals surface area contributed by atoms with Crippen molar-refractivity contribution >= 4 is 10.9 Å². The highest BCUT2D eigenvalue weighted by Crippen LogP contribution is 2.12. The minimum Gasteiger partial charge on any atom is -0.361 e. The molecule has 0 spiro atoms. The highest BCUT2D eigenvalue weighted by molar-refractivity contribution is 5.80. The molecule has 2 rings (SSSR count). The predicted octanol–water partition coefficient (Wildman–Crippen LogP) is 1.95. The molecular weight excluding hydrogens is 134 g/mol. The van der Waals surface area contributed by atoms with Gasteiger partial charge >= 0.3 is 0 Å². The Kier molecular flexibility index (Phi) is 1.20. The zero-order valence-electron chi connectivity index (χ0n) is 5.89. The molecule has 0 saturated carbocycles. The summed E-state index contributed by atoms with van der Waals surface area (Å²) in [7, 11) is 0. The van der Waals surface area contributed by atoms with Crippen molar-refractivity contribution in [3.05, 3.63) is 36.0 Å². The lowest BCUT2D eigenvalue weighted by Gasteiger charge is -1.89. The molecule has 0 fully saturated rings. The van der Waals surface area contributed by atoms with Crippen LogP contribution < -0.4 is 0 Å². The maximum Gasteiger partial charge on any atom is 0.0461 e. The normalized spacial score (nSPS) is 9.73. The van der Waals surface area contributed by atoms with Crippen LogP contribution in [-0.4, -0.2) is 4.98 Å². The quantitative estimate of drug-likeness (QED) is 0.538. The van der Waals surface area contributed by atoms with Gasteiger partial charge in [0.25, 0.3) is 0 Å². The van der Waals surface area contributed by atoms with Gasteiger partial charge < -0.3 is 4.98 Å². The monoisotopic (exact) mass is 140 g/mol. The van der Waals surface area contributed by atoms with Gasteiger partial charge in [-0.25, -0.2) is 0 Å². The maximum atomic E-state index is 5.24. The van der Waals surface area contributed by atoms with Crippen LogP contribution in [0.5, 0.6) is 0 Å². The van der Waals surface area contributed by atoms with Crippen LogP contribution in [0.4, 0.5) is 0 Å². The molecular formula is C10H6N. The molecule has 0 amide bonds. The Hall–Kier alpha value is -1.68. The smallest absolute Gasteiger partial charge is 0.0461 e. The summed E-state index contributed by atoms with van der Waals surface area (Å²) < 4.78 is 0. The Morgan fingerprint density at radius 1 is 1.45 bits per heavy atom. The zero-order valence-corrected chi connectivity index (χ0v) is 5.89. The Morgan fingerprint density at radius 3 is 3.18 bits per heavy atom. The van der Waals surface area contributed by atoms with E-state index < -0.39 is 0 Å². The van der Waals surface area contributed by atoms with Crippen molar-refractivity contribution < 1.29 is 0 Å². The average molecular weight is 140 g/mol. The van der Waals surface area contributed by atoms with Gasteiger partial charge in [0.2, 0.25) is 0 Å². The third-order valence-electron chi connectivity index (χ3n) is 1.64. The van der Waals surface area contributed by atoms with Gasteiger partial charge in [-0.05, 0) is 18.2 Å². The van der Waals surface area contributed by atoms with Gasteiger partial charge in [-0.1, -0.05) is 5.92 Å². The van der Waals surface area contributed by atoms with E-state index in [-0.39, 0.29) is 0 Å². The maximum absolute atomic E-state index is 5.24. The first-order valence-corrected chi connectivity index (χ1v) is 3.35. The third-order valence-corrected chi connectivity index (χ3v) is 1.64. The number of rotatable bonds is 0. The molecule has 1 heterocycles. The van der Waals surface area contributed by atoms with Crippen molar-refractivity contribution in [1.29, 1.82) is 0 Å². The van der Waals surface area contributed by atoms with E-state index in [1.165, 1.54) is 0 Å². The lowest BCUT2D eigenvalue weighted by Crippen LogP contribution is -1.72. The molecule has 0 aliphatic carbocycles. The second kappa shape index (κ2) is 2.17. The molecule has 1 heteroatoms. The summed E-state index contributed by atoms with van der Waals surface area (Å²) in [5.74, 6) is 2.58. The molecule has 51 valence electrons. The second-order valence-corrected chi connectivity index (χ2v) is 2.34. The van der Waals surface area contributed by atoms with E-state index in [4.69, 9.17) is 6.42 Å². The number of nitrogens with one attached hydrogen (secondary N) is 1. The largest absolute Gasteiger partial charge is 0.361 e. The van der Waals surface area contributed by atoms with E-state index in [1.807, 2.05) is 18.2 Å². The topological polar surface area (TPSA) is 15.8 Å². The lowest BCUT2D eigenvalue weighted by atomic mass is 10.2. The predicted molar refractivity (Wildman–Crippen MR) is 45.1 cm³/mol. The summed E-state index contributed by atoms with van der Waals surface area (Å²) in [6.07, 6.45) is 7.02. The van der Waals surface area contributed by atoms with Gasteiger partial charge in [-0.3, -0.25) is 0 Å². The number of hydrogen-bond acceptors (Lipinski definition) is 0. The summed E-state index contributed by atoms with van der Waals surface area (Å²) in [6, 6.07) is 8.85. The summed E-state index contributed by atoms with van der Waals surface area (Å²) in [5.41, 5.74) is 1.97. The number of aromatic nitrogens is 1. The first-order valence-electron chi connectivity index (χ1n) is 3.35. The molecule has 11 heavy (non-hydrogen) atoms. The highest BCUT2D eigenvalue weighted by atomic mass is 14.7. The minimum atomic E-state index is 0.897. The van der Waals surface area contributed by atoms with Crippen LogP contribution in [-0.2, 0) is 0 Å². The zero-order chi connectivity index (χ0) is 7.68. The van der Waals surface area contributed by atoms with E-state index in [1.54, 1.807) is 6.20 Å². The first-order chi connectivity index (χ1) is 5.40. The molecule has 1 N–H and O–H groups in total. The molecule has 1 aromatic heterocycles. The van der Waals surface area contributed by atoms with Gasteiger partial charge in [0, 0.05) is 28.7 Å². The van der Waals surface area contributed by atoms with E-state index in [0.29, 0.717) is 0 Å². The summed E-state index contributed by atoms with van der Waals surface area (Å²) in [5, 5.41) is 1.04. The first kappa shape index (κ1) is 6.06. The van der Waals surface area contributed by atoms with Crippen LogP contribution in [0.15, 0.2) is 24.4 Å². The Balaban J connectivity index is 2.79. The van der Waals surface area contributed by atoms with Crippen LogP contribution in [0.2, 0.25) is 0 Å². The molecule has 0 unspecified atom stereocenters. The molecule has 1 radical (unpaired) electrons. The SMILES string of the molecule is C#Cc1ccc2[nH]c[c]c2c1. The number of fused-ring (bicyclic) bond motifs is 1. The van der Waals surface area contributed by atoms with Crippen LogP contribution in [0.25, 0.3) is 10.9 Å². The van der Waals surface area contributed by atoms with Crippen molar-refractivity contribution in [2.24, 2.45) is 0 Å². The number of H-pyrrole nitrogens is 1. The molecule has 2 aromatic rings. The van der Waals surface area contributed by atoms with E-state index in [9.17, 15) is 0 Å².